The number of hydrogen-bond acceptors (Lipinski definition) is 4. The van der Waals surface area contributed by atoms with Gasteiger partial charge in [-0.3, -0.25) is 14.9 Å². The summed E-state index contributed by atoms with van der Waals surface area (Å²) in [5, 5.41) is 15.4. The summed E-state index contributed by atoms with van der Waals surface area (Å²) in [6.07, 6.45) is 0.488. The predicted octanol–water partition coefficient (Wildman–Crippen LogP) is 4.05. The highest BCUT2D eigenvalue weighted by molar-refractivity contribution is 6.32. The van der Waals surface area contributed by atoms with Gasteiger partial charge in [-0.25, -0.2) is 9.07 Å². The van der Waals surface area contributed by atoms with Gasteiger partial charge in [-0.1, -0.05) is 23.7 Å². The van der Waals surface area contributed by atoms with E-state index in [9.17, 15) is 19.3 Å². The quantitative estimate of drug-likeness (QED) is 0.406. The molecule has 24 heavy (non-hydrogen) atoms. The number of para-hydroxylation sites is 1. The number of nitrogens with zero attached hydrogens (tertiary/aromatic N) is 3. The maximum Gasteiger partial charge on any atom is 0.278 e. The molecule has 0 N–H and O–H groups in total. The Kier molecular flexibility index (Phi) is 4.09. The zero-order chi connectivity index (χ0) is 17.3. The van der Waals surface area contributed by atoms with Gasteiger partial charge in [0.15, 0.2) is 6.29 Å². The van der Waals surface area contributed by atoms with Gasteiger partial charge in [-0.15, -0.1) is 0 Å². The Labute approximate surface area is 140 Å². The molecule has 0 unspecified atom stereocenters. The molecule has 0 atom stereocenters. The average molecular weight is 346 g/mol. The highest BCUT2D eigenvalue weighted by Gasteiger charge is 2.24. The van der Waals surface area contributed by atoms with Crippen LogP contribution < -0.4 is 0 Å². The van der Waals surface area contributed by atoms with Crippen molar-refractivity contribution in [1.29, 1.82) is 0 Å². The van der Waals surface area contributed by atoms with Gasteiger partial charge in [0.05, 0.1) is 21.7 Å². The molecule has 0 aliphatic carbocycles. The number of halogens is 2. The topological polar surface area (TPSA) is 78.0 Å². The van der Waals surface area contributed by atoms with E-state index in [1.165, 1.54) is 47.1 Å². The van der Waals surface area contributed by atoms with E-state index in [1.807, 2.05) is 0 Å². The summed E-state index contributed by atoms with van der Waals surface area (Å²) in [4.78, 5) is 22.1. The van der Waals surface area contributed by atoms with Crippen LogP contribution in [0.4, 0.5) is 10.1 Å². The van der Waals surface area contributed by atoms with E-state index in [2.05, 4.69) is 5.10 Å². The monoisotopic (exact) mass is 345 g/mol. The molecule has 3 aromatic rings. The third-order valence-electron chi connectivity index (χ3n) is 3.41. The largest absolute Gasteiger partial charge is 0.298 e. The normalized spacial score (nSPS) is 10.6. The average Bonchev–Trinajstić information content (AvgIpc) is 2.92. The van der Waals surface area contributed by atoms with Crippen LogP contribution in [0, 0.1) is 15.9 Å². The fourth-order valence-corrected chi connectivity index (χ4v) is 2.57. The summed E-state index contributed by atoms with van der Waals surface area (Å²) in [5.74, 6) is -0.434. The lowest BCUT2D eigenvalue weighted by Gasteiger charge is -2.02. The Morgan fingerprint density at radius 3 is 2.46 bits per heavy atom. The minimum absolute atomic E-state index is 0.00948. The number of nitro benzene ring substituents is 1. The molecular weight excluding hydrogens is 337 g/mol. The number of aromatic nitrogens is 2. The number of hydrogen-bond donors (Lipinski definition) is 0. The van der Waals surface area contributed by atoms with E-state index < -0.39 is 10.7 Å². The van der Waals surface area contributed by atoms with Crippen LogP contribution in [-0.2, 0) is 0 Å². The molecule has 0 saturated carbocycles. The van der Waals surface area contributed by atoms with Gasteiger partial charge in [0, 0.05) is 6.07 Å². The molecule has 6 nitrogen and oxygen atoms in total. The van der Waals surface area contributed by atoms with Gasteiger partial charge in [0.1, 0.15) is 16.7 Å². The van der Waals surface area contributed by atoms with Gasteiger partial charge in [0.2, 0.25) is 0 Å². The van der Waals surface area contributed by atoms with Crippen molar-refractivity contribution in [3.05, 3.63) is 75.2 Å². The molecule has 8 heteroatoms. The predicted molar refractivity (Wildman–Crippen MR) is 86.0 cm³/mol. The third-order valence-corrected chi connectivity index (χ3v) is 3.77. The second-order valence-electron chi connectivity index (χ2n) is 4.83. The number of aldehydes is 1. The van der Waals surface area contributed by atoms with Crippen molar-refractivity contribution in [2.24, 2.45) is 0 Å². The second-order valence-corrected chi connectivity index (χ2v) is 5.19. The Morgan fingerprint density at radius 1 is 1.17 bits per heavy atom. The van der Waals surface area contributed by atoms with Crippen LogP contribution >= 0.6 is 11.6 Å². The fourth-order valence-electron chi connectivity index (χ4n) is 2.30. The van der Waals surface area contributed by atoms with Crippen LogP contribution in [-0.4, -0.2) is 21.0 Å². The molecule has 2 aromatic carbocycles. The Morgan fingerprint density at radius 2 is 1.83 bits per heavy atom. The van der Waals surface area contributed by atoms with Gasteiger partial charge < -0.3 is 0 Å². The Bertz CT molecular complexity index is 938. The van der Waals surface area contributed by atoms with E-state index in [4.69, 9.17) is 11.6 Å². The summed E-state index contributed by atoms with van der Waals surface area (Å²) in [6, 6.07) is 11.2. The van der Waals surface area contributed by atoms with Crippen LogP contribution in [0.1, 0.15) is 10.4 Å². The molecule has 0 saturated heterocycles. The molecule has 0 radical (unpaired) electrons. The first kappa shape index (κ1) is 15.8. The maximum absolute atomic E-state index is 13.1. The van der Waals surface area contributed by atoms with E-state index in [-0.39, 0.29) is 27.7 Å². The fraction of sp³-hybridized carbons (Fsp3) is 0. The third kappa shape index (κ3) is 2.65. The summed E-state index contributed by atoms with van der Waals surface area (Å²) in [7, 11) is 0. The number of rotatable bonds is 4. The van der Waals surface area contributed by atoms with Crippen LogP contribution in [0.3, 0.4) is 0 Å². The van der Waals surface area contributed by atoms with Crippen molar-refractivity contribution in [1.82, 2.24) is 9.78 Å². The van der Waals surface area contributed by atoms with Gasteiger partial charge in [-0.05, 0) is 30.3 Å². The minimum atomic E-state index is -0.561. The Hall–Kier alpha value is -3.06. The lowest BCUT2D eigenvalue weighted by molar-refractivity contribution is -0.384. The highest BCUT2D eigenvalue weighted by atomic mass is 35.5. The number of benzene rings is 2. The number of carbonyl (C=O) groups is 1. The van der Waals surface area contributed by atoms with Crippen molar-refractivity contribution < 1.29 is 14.1 Å². The lowest BCUT2D eigenvalue weighted by atomic mass is 10.1. The van der Waals surface area contributed by atoms with E-state index in [0.717, 1.165) is 0 Å². The highest BCUT2D eigenvalue weighted by Crippen LogP contribution is 2.34. The first-order valence-electron chi connectivity index (χ1n) is 6.76. The molecule has 1 aromatic heterocycles. The summed E-state index contributed by atoms with van der Waals surface area (Å²) >= 11 is 6.19. The van der Waals surface area contributed by atoms with E-state index in [1.54, 1.807) is 6.07 Å². The molecule has 0 aliphatic heterocycles. The zero-order valence-electron chi connectivity index (χ0n) is 12.0. The van der Waals surface area contributed by atoms with Gasteiger partial charge in [-0.2, -0.15) is 5.10 Å². The molecule has 0 aliphatic rings. The smallest absolute Gasteiger partial charge is 0.278 e. The molecule has 3 rings (SSSR count). The van der Waals surface area contributed by atoms with E-state index in [0.29, 0.717) is 12.0 Å². The summed E-state index contributed by atoms with van der Waals surface area (Å²) in [5.41, 5.74) is 0.518. The first-order chi connectivity index (χ1) is 11.5. The minimum Gasteiger partial charge on any atom is -0.298 e. The number of carbonyl (C=O) groups excluding carboxylic acids is 1. The van der Waals surface area contributed by atoms with Crippen LogP contribution in [0.25, 0.3) is 16.9 Å². The summed E-state index contributed by atoms with van der Waals surface area (Å²) in [6.45, 7) is 0. The first-order valence-corrected chi connectivity index (χ1v) is 7.14. The SMILES string of the molecule is O=Cc1c(-c2ccccc2[N+](=O)[O-])nn(-c2ccc(F)cc2)c1Cl. The van der Waals surface area contributed by atoms with E-state index >= 15 is 0 Å². The van der Waals surface area contributed by atoms with Crippen molar-refractivity contribution in [2.75, 3.05) is 0 Å². The maximum atomic E-state index is 13.1. The molecule has 1 heterocycles. The zero-order valence-corrected chi connectivity index (χ0v) is 12.8. The standard InChI is InChI=1S/C16H9ClFN3O3/c17-16-13(9-22)15(12-3-1-2-4-14(12)21(23)24)19-20(16)11-7-5-10(18)6-8-11/h1-9H. The molecular formula is C16H9ClFN3O3. The molecule has 0 amide bonds. The molecule has 0 spiro atoms. The Balaban J connectivity index is 2.24. The van der Waals surface area contributed by atoms with Gasteiger partial charge in [0.25, 0.3) is 5.69 Å². The van der Waals surface area contributed by atoms with Crippen molar-refractivity contribution >= 4 is 23.6 Å². The summed E-state index contributed by atoms with van der Waals surface area (Å²) < 4.78 is 14.3. The van der Waals surface area contributed by atoms with Crippen molar-refractivity contribution in [2.45, 2.75) is 0 Å². The van der Waals surface area contributed by atoms with Crippen molar-refractivity contribution in [3.8, 4) is 16.9 Å². The van der Waals surface area contributed by atoms with Crippen LogP contribution in [0.2, 0.25) is 5.15 Å². The molecule has 0 bridgehead atoms. The van der Waals surface area contributed by atoms with Gasteiger partial charge >= 0.3 is 0 Å². The molecule has 120 valence electrons. The lowest BCUT2D eigenvalue weighted by Crippen LogP contribution is -1.97. The second kappa shape index (κ2) is 6.21. The van der Waals surface area contributed by atoms with Crippen molar-refractivity contribution in [3.63, 3.8) is 0 Å². The van der Waals surface area contributed by atoms with Crippen LogP contribution in [0.15, 0.2) is 48.5 Å². The van der Waals surface area contributed by atoms with Crippen LogP contribution in [0.5, 0.6) is 0 Å². The number of nitro groups is 1. The molecule has 0 fully saturated rings.